The summed E-state index contributed by atoms with van der Waals surface area (Å²) in [6.45, 7) is 0. The number of primary amides is 1. The first-order chi connectivity index (χ1) is 17.4. The molecule has 0 atom stereocenters. The van der Waals surface area contributed by atoms with Crippen LogP contribution in [0.2, 0.25) is 0 Å². The first-order valence-corrected chi connectivity index (χ1v) is 13.5. The van der Waals surface area contributed by atoms with Crippen molar-refractivity contribution in [3.05, 3.63) is 80.1 Å². The quantitative estimate of drug-likeness (QED) is 0.201. The zero-order valence-electron chi connectivity index (χ0n) is 18.9. The van der Waals surface area contributed by atoms with Gasteiger partial charge in [0, 0.05) is 22.2 Å². The van der Waals surface area contributed by atoms with Crippen molar-refractivity contribution in [1.82, 2.24) is 9.71 Å². The maximum Gasteiger partial charge on any atom is 0.300 e. The molecule has 1 heterocycles. The Balaban J connectivity index is 1.65. The van der Waals surface area contributed by atoms with E-state index in [9.17, 15) is 17.6 Å². The number of rotatable bonds is 9. The Morgan fingerprint density at radius 1 is 1.05 bits per heavy atom. The lowest BCUT2D eigenvalue weighted by atomic mass is 9.94. The molecular formula is C23H20F4IN5O3S. The Bertz CT molecular complexity index is 1490. The highest BCUT2D eigenvalue weighted by Crippen LogP contribution is 2.32. The second-order valence-corrected chi connectivity index (χ2v) is 11.1. The number of hydrogen-bond donors (Lipinski definition) is 4. The fourth-order valence-corrected chi connectivity index (χ4v) is 5.23. The van der Waals surface area contributed by atoms with Crippen molar-refractivity contribution in [2.24, 2.45) is 5.73 Å². The van der Waals surface area contributed by atoms with E-state index in [1.54, 1.807) is 0 Å². The van der Waals surface area contributed by atoms with E-state index in [-0.39, 0.29) is 17.3 Å². The fraction of sp³-hybridized carbons (Fsp3) is 0.217. The third kappa shape index (κ3) is 6.13. The van der Waals surface area contributed by atoms with E-state index in [1.807, 2.05) is 27.3 Å². The first kappa shape index (κ1) is 27.1. The first-order valence-electron chi connectivity index (χ1n) is 10.9. The smallest absolute Gasteiger partial charge is 0.300 e. The molecule has 1 aliphatic carbocycles. The van der Waals surface area contributed by atoms with Crippen LogP contribution in [0.4, 0.5) is 34.8 Å². The lowest BCUT2D eigenvalue weighted by Gasteiger charge is -2.26. The van der Waals surface area contributed by atoms with Gasteiger partial charge in [0.2, 0.25) is 0 Å². The average molecular weight is 649 g/mol. The zero-order chi connectivity index (χ0) is 26.9. The van der Waals surface area contributed by atoms with Crippen LogP contribution in [-0.4, -0.2) is 25.4 Å². The third-order valence-corrected chi connectivity index (χ3v) is 7.52. The molecule has 4 rings (SSSR count). The number of benzene rings is 2. The molecule has 3 aromatic rings. The van der Waals surface area contributed by atoms with Crippen molar-refractivity contribution in [2.75, 3.05) is 10.0 Å². The van der Waals surface area contributed by atoms with Crippen LogP contribution in [-0.2, 0) is 16.6 Å². The van der Waals surface area contributed by atoms with Gasteiger partial charge in [0.15, 0.2) is 23.3 Å². The summed E-state index contributed by atoms with van der Waals surface area (Å²) >= 11 is 1.87. The molecule has 1 saturated carbocycles. The van der Waals surface area contributed by atoms with E-state index in [0.29, 0.717) is 16.4 Å². The molecule has 0 saturated heterocycles. The van der Waals surface area contributed by atoms with Crippen LogP contribution < -0.4 is 20.5 Å². The lowest BCUT2D eigenvalue weighted by molar-refractivity contribution is 0.100. The van der Waals surface area contributed by atoms with Crippen LogP contribution >= 0.6 is 22.6 Å². The van der Waals surface area contributed by atoms with Gasteiger partial charge in [0.05, 0.1) is 16.9 Å². The van der Waals surface area contributed by atoms with Crippen LogP contribution in [0.25, 0.3) is 0 Å². The standard InChI is InChI=1S/C23H20F4IN5O3S/c24-16-10-13(28)4-5-17(16)31-21-15(22(29)34)9-12(18(25)20(21)27)8-11-6-7-30-23(19(11)26)33-37(35,36)32-14-2-1-3-14/h4-7,9-10,14,31-32H,1-3,8H2,(H2,29,34)(H,30,33). The minimum atomic E-state index is -4.12. The number of anilines is 3. The van der Waals surface area contributed by atoms with Gasteiger partial charge in [-0.25, -0.2) is 22.5 Å². The number of carbonyl (C=O) groups excluding carboxylic acids is 1. The summed E-state index contributed by atoms with van der Waals surface area (Å²) in [6.07, 6.45) is 2.72. The summed E-state index contributed by atoms with van der Waals surface area (Å²) in [4.78, 5) is 15.7. The summed E-state index contributed by atoms with van der Waals surface area (Å²) in [7, 11) is -4.12. The van der Waals surface area contributed by atoms with Crippen LogP contribution in [0.3, 0.4) is 0 Å². The summed E-state index contributed by atoms with van der Waals surface area (Å²) in [5, 5.41) is 2.36. The normalized spacial score (nSPS) is 13.8. The molecule has 8 nitrogen and oxygen atoms in total. The molecule has 0 aliphatic heterocycles. The van der Waals surface area contributed by atoms with Gasteiger partial charge in [-0.3, -0.25) is 9.52 Å². The molecule has 0 unspecified atom stereocenters. The van der Waals surface area contributed by atoms with Crippen LogP contribution in [0.15, 0.2) is 36.5 Å². The van der Waals surface area contributed by atoms with Crippen molar-refractivity contribution in [3.8, 4) is 0 Å². The summed E-state index contributed by atoms with van der Waals surface area (Å²) < 4.78 is 88.9. The highest BCUT2D eigenvalue weighted by atomic mass is 127. The van der Waals surface area contributed by atoms with Crippen LogP contribution in [0, 0.1) is 26.8 Å². The van der Waals surface area contributed by atoms with Crippen molar-refractivity contribution in [3.63, 3.8) is 0 Å². The van der Waals surface area contributed by atoms with E-state index in [2.05, 4.69) is 15.0 Å². The molecule has 1 amide bonds. The number of hydrogen-bond acceptors (Lipinski definition) is 5. The molecular weight excluding hydrogens is 629 g/mol. The minimum absolute atomic E-state index is 0.221. The number of halogens is 5. The zero-order valence-corrected chi connectivity index (χ0v) is 21.9. The molecule has 1 aromatic heterocycles. The van der Waals surface area contributed by atoms with Gasteiger partial charge in [-0.1, -0.05) is 6.42 Å². The van der Waals surface area contributed by atoms with E-state index in [4.69, 9.17) is 5.73 Å². The second kappa shape index (κ2) is 10.8. The van der Waals surface area contributed by atoms with Gasteiger partial charge in [-0.05, 0) is 76.9 Å². The van der Waals surface area contributed by atoms with E-state index in [0.717, 1.165) is 30.8 Å². The Kier molecular flexibility index (Phi) is 7.89. The van der Waals surface area contributed by atoms with Gasteiger partial charge in [-0.2, -0.15) is 13.1 Å². The average Bonchev–Trinajstić information content (AvgIpc) is 2.79. The number of pyridine rings is 1. The Hall–Kier alpha value is -2.98. The van der Waals surface area contributed by atoms with Gasteiger partial charge in [0.1, 0.15) is 5.82 Å². The van der Waals surface area contributed by atoms with Crippen molar-refractivity contribution in [2.45, 2.75) is 31.7 Å². The largest absolute Gasteiger partial charge is 0.366 e. The summed E-state index contributed by atoms with van der Waals surface area (Å²) in [5.74, 6) is -6.60. The highest BCUT2D eigenvalue weighted by Gasteiger charge is 2.26. The van der Waals surface area contributed by atoms with Crippen molar-refractivity contribution < 1.29 is 30.8 Å². The SMILES string of the molecule is NC(=O)c1cc(Cc2ccnc(NS(=O)(=O)NC3CCC3)c2F)c(F)c(F)c1Nc1ccc(I)cc1F. The fourth-order valence-electron chi connectivity index (χ4n) is 3.65. The molecule has 1 aliphatic rings. The van der Waals surface area contributed by atoms with Crippen LogP contribution in [0.1, 0.15) is 40.7 Å². The molecule has 0 spiro atoms. The maximum atomic E-state index is 15.1. The third-order valence-electron chi connectivity index (χ3n) is 5.75. The molecule has 0 radical (unpaired) electrons. The number of nitrogens with two attached hydrogens (primary N) is 1. The topological polar surface area (TPSA) is 126 Å². The van der Waals surface area contributed by atoms with Gasteiger partial charge < -0.3 is 11.1 Å². The second-order valence-electron chi connectivity index (χ2n) is 8.36. The monoisotopic (exact) mass is 649 g/mol. The summed E-state index contributed by atoms with van der Waals surface area (Å²) in [5.41, 5.74) is 3.30. The Morgan fingerprint density at radius 3 is 2.41 bits per heavy atom. The molecule has 1 fully saturated rings. The molecule has 2 aromatic carbocycles. The van der Waals surface area contributed by atoms with E-state index < -0.39 is 68.4 Å². The van der Waals surface area contributed by atoms with Gasteiger partial charge in [-0.15, -0.1) is 0 Å². The molecule has 5 N–H and O–H groups in total. The maximum absolute atomic E-state index is 15.1. The van der Waals surface area contributed by atoms with Crippen molar-refractivity contribution in [1.29, 1.82) is 0 Å². The number of aromatic nitrogens is 1. The van der Waals surface area contributed by atoms with Gasteiger partial charge in [0.25, 0.3) is 5.91 Å². The number of carbonyl (C=O) groups is 1. The lowest BCUT2D eigenvalue weighted by Crippen LogP contribution is -2.42. The van der Waals surface area contributed by atoms with E-state index >= 15 is 13.2 Å². The molecule has 0 bridgehead atoms. The van der Waals surface area contributed by atoms with Crippen LogP contribution in [0.5, 0.6) is 0 Å². The number of amides is 1. The Morgan fingerprint density at radius 2 is 1.78 bits per heavy atom. The molecule has 196 valence electrons. The minimum Gasteiger partial charge on any atom is -0.366 e. The highest BCUT2D eigenvalue weighted by molar-refractivity contribution is 14.1. The van der Waals surface area contributed by atoms with Crippen molar-refractivity contribution >= 4 is 55.9 Å². The summed E-state index contributed by atoms with van der Waals surface area (Å²) in [6, 6.07) is 5.76. The molecule has 37 heavy (non-hydrogen) atoms. The van der Waals surface area contributed by atoms with Gasteiger partial charge >= 0.3 is 10.2 Å². The molecule has 14 heteroatoms. The number of nitrogens with one attached hydrogen (secondary N) is 3. The predicted molar refractivity (Wildman–Crippen MR) is 138 cm³/mol. The Labute approximate surface area is 223 Å². The number of nitrogens with zero attached hydrogens (tertiary/aromatic N) is 1. The van der Waals surface area contributed by atoms with E-state index in [1.165, 1.54) is 12.1 Å². The predicted octanol–water partition coefficient (Wildman–Crippen LogP) is 4.47.